The molecule has 1 atom stereocenters. The van der Waals surface area contributed by atoms with Crippen LogP contribution in [0.25, 0.3) is 11.6 Å². The van der Waals surface area contributed by atoms with Gasteiger partial charge in [-0.25, -0.2) is 0 Å². The summed E-state index contributed by atoms with van der Waals surface area (Å²) in [5, 5.41) is 2.70. The molecule has 0 saturated heterocycles. The van der Waals surface area contributed by atoms with Gasteiger partial charge in [0.25, 0.3) is 0 Å². The van der Waals surface area contributed by atoms with Crippen molar-refractivity contribution in [3.63, 3.8) is 0 Å². The number of fused-ring (bicyclic) bond motifs is 2. The van der Waals surface area contributed by atoms with Crippen molar-refractivity contribution in [2.45, 2.75) is 87.0 Å². The minimum absolute atomic E-state index is 0. The van der Waals surface area contributed by atoms with E-state index in [2.05, 4.69) is 178 Å². The van der Waals surface area contributed by atoms with Crippen LogP contribution in [0.15, 0.2) is 120 Å². The second kappa shape index (κ2) is 15.7. The van der Waals surface area contributed by atoms with Gasteiger partial charge in [0.1, 0.15) is 0 Å². The molecule has 3 aromatic rings. The SMILES string of the molecule is CC(C)c1cc(C(C)(C)C)cc2c1=C1C=CC(C(C)C)(C(C)(C)C)C(C3=CC=CC3)=C1[C-]=2.[Cl-].[Cl-].[Zr+2]=[C](c1ccccc1)c1ccccc1. The van der Waals surface area contributed by atoms with Crippen LogP contribution in [-0.2, 0) is 29.7 Å². The van der Waals surface area contributed by atoms with Crippen LogP contribution in [0.1, 0.15) is 104 Å². The fourth-order valence-electron chi connectivity index (χ4n) is 7.56. The Morgan fingerprint density at radius 1 is 0.812 bits per heavy atom. The van der Waals surface area contributed by atoms with E-state index in [4.69, 9.17) is 0 Å². The first kappa shape index (κ1) is 40.1. The molecule has 3 aromatic carbocycles. The summed E-state index contributed by atoms with van der Waals surface area (Å²) in [6.45, 7) is 23.6. The first-order chi connectivity index (χ1) is 21.7. The van der Waals surface area contributed by atoms with Gasteiger partial charge in [0.15, 0.2) is 0 Å². The zero-order chi connectivity index (χ0) is 33.4. The third-order valence-electron chi connectivity index (χ3n) is 10.0. The van der Waals surface area contributed by atoms with Crippen LogP contribution in [0, 0.1) is 16.7 Å². The van der Waals surface area contributed by atoms with Gasteiger partial charge in [-0.2, -0.15) is 0 Å². The number of allylic oxidation sites excluding steroid dienone is 8. The second-order valence-corrected chi connectivity index (χ2v) is 16.9. The molecular weight excluding hydrogens is 703 g/mol. The number of hydrogen-bond acceptors (Lipinski definition) is 0. The molecule has 0 radical (unpaired) electrons. The summed E-state index contributed by atoms with van der Waals surface area (Å²) in [6.07, 6.45) is 16.9. The van der Waals surface area contributed by atoms with Crippen molar-refractivity contribution in [2.75, 3.05) is 0 Å². The molecule has 3 aliphatic carbocycles. The Kier molecular flexibility index (Phi) is 13.1. The Morgan fingerprint density at radius 3 is 1.81 bits per heavy atom. The van der Waals surface area contributed by atoms with Gasteiger partial charge >= 0.3 is 99.2 Å². The zero-order valence-electron chi connectivity index (χ0n) is 30.4. The molecular formula is C45H51Cl2Zr-. The quantitative estimate of drug-likeness (QED) is 0.344. The van der Waals surface area contributed by atoms with Crippen LogP contribution in [0.5, 0.6) is 0 Å². The Morgan fingerprint density at radius 2 is 1.38 bits per heavy atom. The molecule has 0 N–H and O–H groups in total. The molecule has 0 aliphatic heterocycles. The summed E-state index contributed by atoms with van der Waals surface area (Å²) < 4.78 is 1.42. The van der Waals surface area contributed by atoms with E-state index >= 15 is 0 Å². The van der Waals surface area contributed by atoms with E-state index in [1.165, 1.54) is 82.4 Å². The van der Waals surface area contributed by atoms with E-state index in [1.54, 1.807) is 0 Å². The maximum atomic E-state index is 3.98. The molecule has 0 saturated carbocycles. The van der Waals surface area contributed by atoms with Crippen LogP contribution in [0.4, 0.5) is 0 Å². The molecule has 6 rings (SSSR count). The molecule has 3 heteroatoms. The summed E-state index contributed by atoms with van der Waals surface area (Å²) in [5.74, 6) is 0.966. The molecule has 250 valence electrons. The average molecular weight is 754 g/mol. The normalized spacial score (nSPS) is 18.0. The molecule has 0 bridgehead atoms. The van der Waals surface area contributed by atoms with Gasteiger partial charge in [-0.15, -0.1) is 33.7 Å². The summed E-state index contributed by atoms with van der Waals surface area (Å²) >= 11 is 1.46. The average Bonchev–Trinajstić information content (AvgIpc) is 3.68. The van der Waals surface area contributed by atoms with E-state index in [0.717, 1.165) is 6.42 Å². The van der Waals surface area contributed by atoms with Gasteiger partial charge in [-0.05, 0) is 34.5 Å². The van der Waals surface area contributed by atoms with Crippen molar-refractivity contribution >= 4 is 14.9 Å². The minimum atomic E-state index is -0.0242. The fraction of sp³-hybridized carbons (Fsp3) is 0.356. The maximum absolute atomic E-state index is 3.98. The van der Waals surface area contributed by atoms with E-state index in [9.17, 15) is 0 Å². The Bertz CT molecular complexity index is 1830. The predicted octanol–water partition coefficient (Wildman–Crippen LogP) is 4.18. The van der Waals surface area contributed by atoms with Gasteiger partial charge < -0.3 is 24.8 Å². The Balaban J connectivity index is 0.000000329. The number of benzene rings is 3. The molecule has 1 unspecified atom stereocenters. The number of hydrogen-bond donors (Lipinski definition) is 0. The van der Waals surface area contributed by atoms with E-state index in [-0.39, 0.29) is 41.1 Å². The van der Waals surface area contributed by atoms with Crippen molar-refractivity contribution in [3.05, 3.63) is 153 Å². The standard InChI is InChI=1S/C32H41.C13H10.2ClH.Zr/c1-20(2)26-19-24(30(5,6)7)17-23-18-27-25(28(23)26)15-16-32(21(3)4,31(8,9)10)29(27)22-13-11-12-14-22;1-3-7-12(8-4-1)11-13-9-5-2-6-10-13;;;/h11-13,15-17,19-21H,14H2,1-10H3;1-10H;2*1H;/q-1;;;;+2/p-2. The molecule has 0 amide bonds. The third-order valence-corrected chi connectivity index (χ3v) is 11.4. The van der Waals surface area contributed by atoms with Crippen molar-refractivity contribution in [1.29, 1.82) is 0 Å². The van der Waals surface area contributed by atoms with E-state index in [0.29, 0.717) is 11.8 Å². The van der Waals surface area contributed by atoms with Gasteiger partial charge in [0.05, 0.1) is 0 Å². The molecule has 0 fully saturated rings. The van der Waals surface area contributed by atoms with E-state index in [1.807, 2.05) is 0 Å². The summed E-state index contributed by atoms with van der Waals surface area (Å²) in [5.41, 5.74) is 11.4. The number of rotatable bonds is 5. The fourth-order valence-corrected chi connectivity index (χ4v) is 8.37. The Labute approximate surface area is 318 Å². The molecule has 0 aromatic heterocycles. The molecule has 0 nitrogen and oxygen atoms in total. The summed E-state index contributed by atoms with van der Waals surface area (Å²) in [7, 11) is 0. The van der Waals surface area contributed by atoms with Crippen LogP contribution in [-0.4, -0.2) is 3.21 Å². The van der Waals surface area contributed by atoms with Crippen molar-refractivity contribution in [3.8, 4) is 0 Å². The first-order valence-corrected chi connectivity index (χ1v) is 18.2. The summed E-state index contributed by atoms with van der Waals surface area (Å²) in [4.78, 5) is 0. The van der Waals surface area contributed by atoms with Crippen molar-refractivity contribution in [2.24, 2.45) is 16.7 Å². The van der Waals surface area contributed by atoms with Crippen LogP contribution >= 0.6 is 0 Å². The zero-order valence-corrected chi connectivity index (χ0v) is 34.4. The van der Waals surface area contributed by atoms with E-state index < -0.39 is 0 Å². The second-order valence-electron chi connectivity index (χ2n) is 15.7. The topological polar surface area (TPSA) is 0 Å². The predicted molar refractivity (Wildman–Crippen MR) is 196 cm³/mol. The van der Waals surface area contributed by atoms with Gasteiger partial charge in [0.2, 0.25) is 0 Å². The first-order valence-electron chi connectivity index (χ1n) is 17.0. The Hall–Kier alpha value is -2.31. The van der Waals surface area contributed by atoms with Crippen molar-refractivity contribution in [1.82, 2.24) is 0 Å². The number of halogens is 2. The molecule has 48 heavy (non-hydrogen) atoms. The van der Waals surface area contributed by atoms with Gasteiger partial charge in [-0.1, -0.05) is 128 Å². The van der Waals surface area contributed by atoms with Gasteiger partial charge in [0, 0.05) is 0 Å². The summed E-state index contributed by atoms with van der Waals surface area (Å²) in [6, 6.07) is 26.0. The third kappa shape index (κ3) is 7.70. The molecule has 0 spiro atoms. The molecule has 0 heterocycles. The van der Waals surface area contributed by atoms with Gasteiger partial charge in [-0.3, -0.25) is 0 Å². The monoisotopic (exact) mass is 751 g/mol. The van der Waals surface area contributed by atoms with Crippen molar-refractivity contribution < 1.29 is 49.0 Å². The molecule has 3 aliphatic rings. The van der Waals surface area contributed by atoms with Crippen LogP contribution < -0.4 is 35.3 Å². The van der Waals surface area contributed by atoms with Crippen LogP contribution in [0.3, 0.4) is 0 Å². The van der Waals surface area contributed by atoms with Crippen LogP contribution in [0.2, 0.25) is 0 Å².